The Labute approximate surface area is 189 Å². The molecule has 2 aromatic carbocycles. The van der Waals surface area contributed by atoms with Crippen molar-refractivity contribution in [3.05, 3.63) is 60.3 Å². The van der Waals surface area contributed by atoms with Crippen molar-refractivity contribution < 1.29 is 18.8 Å². The molecule has 1 unspecified atom stereocenters. The molecule has 1 saturated heterocycles. The lowest BCUT2D eigenvalue weighted by atomic mass is 10.1. The van der Waals surface area contributed by atoms with Crippen molar-refractivity contribution in [1.29, 1.82) is 0 Å². The maximum atomic E-state index is 13.1. The first-order chi connectivity index (χ1) is 16.1. The van der Waals surface area contributed by atoms with Gasteiger partial charge in [-0.3, -0.25) is 4.79 Å². The van der Waals surface area contributed by atoms with Gasteiger partial charge in [0.05, 0.1) is 26.5 Å². The first kappa shape index (κ1) is 20.7. The van der Waals surface area contributed by atoms with Crippen molar-refractivity contribution in [3.8, 4) is 34.5 Å². The molecule has 1 aliphatic rings. The van der Waals surface area contributed by atoms with Crippen LogP contribution in [0.15, 0.2) is 59.3 Å². The van der Waals surface area contributed by atoms with Crippen molar-refractivity contribution in [2.24, 2.45) is 0 Å². The van der Waals surface area contributed by atoms with E-state index in [2.05, 4.69) is 20.5 Å². The molecule has 2 aromatic heterocycles. The average molecular weight is 446 g/mol. The fourth-order valence-electron chi connectivity index (χ4n) is 3.84. The van der Waals surface area contributed by atoms with E-state index in [0.29, 0.717) is 47.6 Å². The summed E-state index contributed by atoms with van der Waals surface area (Å²) in [5.41, 5.74) is 1.87. The molecule has 0 spiro atoms. The zero-order valence-corrected chi connectivity index (χ0v) is 18.2. The highest BCUT2D eigenvalue weighted by Crippen LogP contribution is 2.28. The quantitative estimate of drug-likeness (QED) is 0.445. The summed E-state index contributed by atoms with van der Waals surface area (Å²) in [6.45, 7) is 1.12. The van der Waals surface area contributed by atoms with Gasteiger partial charge in [0, 0.05) is 30.3 Å². The molecule has 1 atom stereocenters. The van der Waals surface area contributed by atoms with Crippen LogP contribution in [0.5, 0.6) is 11.5 Å². The van der Waals surface area contributed by atoms with E-state index in [1.165, 1.54) is 0 Å². The van der Waals surface area contributed by atoms with Gasteiger partial charge in [-0.15, -0.1) is 5.10 Å². The van der Waals surface area contributed by atoms with E-state index >= 15 is 0 Å². The van der Waals surface area contributed by atoms with Crippen LogP contribution in [0.3, 0.4) is 0 Å². The summed E-state index contributed by atoms with van der Waals surface area (Å²) in [5, 5.41) is 12.5. The van der Waals surface area contributed by atoms with E-state index in [-0.39, 0.29) is 11.9 Å². The zero-order chi connectivity index (χ0) is 22.8. The highest BCUT2D eigenvalue weighted by atomic mass is 16.5. The van der Waals surface area contributed by atoms with Gasteiger partial charge < -0.3 is 18.9 Å². The summed E-state index contributed by atoms with van der Waals surface area (Å²) in [7, 11) is 3.12. The lowest BCUT2D eigenvalue weighted by Gasteiger charge is -2.17. The van der Waals surface area contributed by atoms with Gasteiger partial charge in [0.1, 0.15) is 11.5 Å². The number of nitrogens with zero attached hydrogens (tertiary/aromatic N) is 6. The van der Waals surface area contributed by atoms with Gasteiger partial charge in [0.15, 0.2) is 5.69 Å². The molecule has 5 rings (SSSR count). The summed E-state index contributed by atoms with van der Waals surface area (Å²) in [5.74, 6) is 1.85. The number of hydrogen-bond acceptors (Lipinski definition) is 8. The Hall–Kier alpha value is -4.21. The van der Waals surface area contributed by atoms with Crippen LogP contribution in [-0.4, -0.2) is 63.3 Å². The first-order valence-electron chi connectivity index (χ1n) is 10.5. The number of carbonyl (C=O) groups excluding carboxylic acids is 1. The van der Waals surface area contributed by atoms with E-state index in [4.69, 9.17) is 14.0 Å². The molecular formula is C23H22N6O4. The van der Waals surface area contributed by atoms with Crippen molar-refractivity contribution in [2.75, 3.05) is 27.3 Å². The SMILES string of the molecule is COc1cc(OC)cc(C(=O)N2CCC(n3cc(-c4nc(-c5ccccc5)no4)nn3)C2)c1. The first-order valence-corrected chi connectivity index (χ1v) is 10.5. The van der Waals surface area contributed by atoms with Crippen LogP contribution in [0.2, 0.25) is 0 Å². The molecule has 0 saturated carbocycles. The molecule has 4 aromatic rings. The minimum atomic E-state index is -0.0838. The third-order valence-electron chi connectivity index (χ3n) is 5.61. The molecule has 0 radical (unpaired) electrons. The maximum absolute atomic E-state index is 13.1. The lowest BCUT2D eigenvalue weighted by molar-refractivity contribution is 0.0786. The van der Waals surface area contributed by atoms with Crippen molar-refractivity contribution >= 4 is 5.91 Å². The summed E-state index contributed by atoms with van der Waals surface area (Å²) < 4.78 is 17.7. The Morgan fingerprint density at radius 2 is 1.85 bits per heavy atom. The summed E-state index contributed by atoms with van der Waals surface area (Å²) in [4.78, 5) is 19.3. The average Bonchev–Trinajstić information content (AvgIpc) is 3.63. The standard InChI is InChI=1S/C23H22N6O4/c1-31-18-10-16(11-19(12-18)32-2)23(30)28-9-8-17(13-28)29-14-20(25-27-29)22-24-21(26-33-22)15-6-4-3-5-7-15/h3-7,10-12,14,17H,8-9,13H2,1-2H3. The number of rotatable bonds is 6. The summed E-state index contributed by atoms with van der Waals surface area (Å²) >= 11 is 0. The van der Waals surface area contributed by atoms with Gasteiger partial charge in [0.25, 0.3) is 11.8 Å². The third-order valence-corrected chi connectivity index (χ3v) is 5.61. The molecule has 0 bridgehead atoms. The predicted molar refractivity (Wildman–Crippen MR) is 118 cm³/mol. The fourth-order valence-corrected chi connectivity index (χ4v) is 3.84. The predicted octanol–water partition coefficient (Wildman–Crippen LogP) is 3.10. The molecule has 3 heterocycles. The number of ether oxygens (including phenoxy) is 2. The molecule has 1 fully saturated rings. The van der Waals surface area contributed by atoms with Gasteiger partial charge in [0.2, 0.25) is 5.82 Å². The molecule has 168 valence electrons. The van der Waals surface area contributed by atoms with E-state index in [0.717, 1.165) is 12.0 Å². The number of methoxy groups -OCH3 is 2. The number of likely N-dealkylation sites (tertiary alicyclic amines) is 1. The van der Waals surface area contributed by atoms with Crippen LogP contribution in [0.25, 0.3) is 23.0 Å². The van der Waals surface area contributed by atoms with Crippen molar-refractivity contribution in [1.82, 2.24) is 30.0 Å². The second-order valence-electron chi connectivity index (χ2n) is 7.67. The Kier molecular flexibility index (Phi) is 5.47. The van der Waals surface area contributed by atoms with Gasteiger partial charge >= 0.3 is 0 Å². The molecule has 1 amide bonds. The van der Waals surface area contributed by atoms with Crippen LogP contribution >= 0.6 is 0 Å². The smallest absolute Gasteiger partial charge is 0.280 e. The Bertz CT molecular complexity index is 1250. The minimum Gasteiger partial charge on any atom is -0.497 e. The molecule has 0 aliphatic carbocycles. The molecule has 1 aliphatic heterocycles. The van der Waals surface area contributed by atoms with E-state index in [9.17, 15) is 4.79 Å². The monoisotopic (exact) mass is 446 g/mol. The van der Waals surface area contributed by atoms with Crippen molar-refractivity contribution in [2.45, 2.75) is 12.5 Å². The second kappa shape index (κ2) is 8.73. The molecular weight excluding hydrogens is 424 g/mol. The maximum Gasteiger partial charge on any atom is 0.280 e. The van der Waals surface area contributed by atoms with Crippen LogP contribution < -0.4 is 9.47 Å². The zero-order valence-electron chi connectivity index (χ0n) is 18.2. The highest BCUT2D eigenvalue weighted by Gasteiger charge is 2.30. The van der Waals surface area contributed by atoms with Crippen LogP contribution in [0, 0.1) is 0 Å². The molecule has 33 heavy (non-hydrogen) atoms. The largest absolute Gasteiger partial charge is 0.497 e. The van der Waals surface area contributed by atoms with Crippen LogP contribution in [0.4, 0.5) is 0 Å². The van der Waals surface area contributed by atoms with E-state index < -0.39 is 0 Å². The molecule has 10 heteroatoms. The summed E-state index contributed by atoms with van der Waals surface area (Å²) in [6, 6.07) is 14.7. The number of benzene rings is 2. The Morgan fingerprint density at radius 1 is 1.09 bits per heavy atom. The lowest BCUT2D eigenvalue weighted by Crippen LogP contribution is -2.29. The van der Waals surface area contributed by atoms with Gasteiger partial charge in [-0.2, -0.15) is 4.98 Å². The number of aromatic nitrogens is 5. The second-order valence-corrected chi connectivity index (χ2v) is 7.67. The highest BCUT2D eigenvalue weighted by molar-refractivity contribution is 5.95. The fraction of sp³-hybridized carbons (Fsp3) is 0.261. The number of amides is 1. The molecule has 10 nitrogen and oxygen atoms in total. The normalized spacial score (nSPS) is 15.6. The Morgan fingerprint density at radius 3 is 2.58 bits per heavy atom. The van der Waals surface area contributed by atoms with Crippen molar-refractivity contribution in [3.63, 3.8) is 0 Å². The van der Waals surface area contributed by atoms with Gasteiger partial charge in [-0.1, -0.05) is 40.7 Å². The van der Waals surface area contributed by atoms with E-state index in [1.54, 1.807) is 48.2 Å². The topological polar surface area (TPSA) is 108 Å². The van der Waals surface area contributed by atoms with E-state index in [1.807, 2.05) is 30.3 Å². The third kappa shape index (κ3) is 4.14. The number of carbonyl (C=O) groups is 1. The summed E-state index contributed by atoms with van der Waals surface area (Å²) in [6.07, 6.45) is 2.53. The molecule has 0 N–H and O–H groups in total. The number of hydrogen-bond donors (Lipinski definition) is 0. The van der Waals surface area contributed by atoms with Crippen LogP contribution in [-0.2, 0) is 0 Å². The van der Waals surface area contributed by atoms with Gasteiger partial charge in [-0.05, 0) is 18.6 Å². The Balaban J connectivity index is 1.29. The van der Waals surface area contributed by atoms with Gasteiger partial charge in [-0.25, -0.2) is 4.68 Å². The minimum absolute atomic E-state index is 0.000724. The van der Waals surface area contributed by atoms with Crippen LogP contribution in [0.1, 0.15) is 22.8 Å².